The fraction of sp³-hybridized carbons (Fsp3) is 0.333. The molecule has 2 rings (SSSR count). The molecule has 0 fully saturated rings. The SMILES string of the molecule is CC(C)(C)c1cc(Nc2nccs2)ncc1Cl. The van der Waals surface area contributed by atoms with Gasteiger partial charge in [-0.1, -0.05) is 32.4 Å². The molecule has 0 saturated carbocycles. The predicted octanol–water partition coefficient (Wildman–Crippen LogP) is 4.23. The van der Waals surface area contributed by atoms with Crippen LogP contribution >= 0.6 is 22.9 Å². The van der Waals surface area contributed by atoms with Gasteiger partial charge in [0.15, 0.2) is 5.13 Å². The number of nitrogens with one attached hydrogen (secondary N) is 1. The summed E-state index contributed by atoms with van der Waals surface area (Å²) in [5, 5.41) is 6.61. The summed E-state index contributed by atoms with van der Waals surface area (Å²) < 4.78 is 0. The van der Waals surface area contributed by atoms with E-state index in [1.165, 1.54) is 0 Å². The Hall–Kier alpha value is -1.13. The van der Waals surface area contributed by atoms with Gasteiger partial charge in [0.05, 0.1) is 5.02 Å². The number of hydrogen-bond acceptors (Lipinski definition) is 4. The molecule has 0 aromatic carbocycles. The van der Waals surface area contributed by atoms with Gasteiger partial charge in [0, 0.05) is 17.8 Å². The Morgan fingerprint density at radius 1 is 1.29 bits per heavy atom. The van der Waals surface area contributed by atoms with Crippen LogP contribution in [-0.2, 0) is 5.41 Å². The van der Waals surface area contributed by atoms with Crippen LogP contribution in [0.1, 0.15) is 26.3 Å². The van der Waals surface area contributed by atoms with Crippen molar-refractivity contribution in [1.29, 1.82) is 0 Å². The molecule has 0 amide bonds. The van der Waals surface area contributed by atoms with Crippen LogP contribution in [0.15, 0.2) is 23.8 Å². The molecule has 1 N–H and O–H groups in total. The van der Waals surface area contributed by atoms with Gasteiger partial charge in [-0.15, -0.1) is 11.3 Å². The first kappa shape index (κ1) is 12.3. The molecule has 3 nitrogen and oxygen atoms in total. The number of halogens is 1. The first-order valence-electron chi connectivity index (χ1n) is 5.29. The van der Waals surface area contributed by atoms with E-state index in [0.717, 1.165) is 16.5 Å². The average Bonchev–Trinajstić information content (AvgIpc) is 2.72. The Bertz CT molecular complexity index is 503. The second kappa shape index (κ2) is 4.63. The second-order valence-electron chi connectivity index (χ2n) is 4.76. The molecule has 2 heterocycles. The maximum absolute atomic E-state index is 6.16. The van der Waals surface area contributed by atoms with Gasteiger partial charge in [0.2, 0.25) is 0 Å². The molecule has 0 saturated heterocycles. The molecule has 0 aliphatic heterocycles. The fourth-order valence-corrected chi connectivity index (χ4v) is 2.40. The van der Waals surface area contributed by atoms with E-state index in [9.17, 15) is 0 Å². The molecular weight excluding hydrogens is 254 g/mol. The van der Waals surface area contributed by atoms with Gasteiger partial charge in [-0.3, -0.25) is 0 Å². The molecule has 2 aromatic heterocycles. The minimum Gasteiger partial charge on any atom is -0.316 e. The van der Waals surface area contributed by atoms with Crippen LogP contribution in [0, 0.1) is 0 Å². The van der Waals surface area contributed by atoms with E-state index in [0.29, 0.717) is 5.02 Å². The molecule has 17 heavy (non-hydrogen) atoms. The van der Waals surface area contributed by atoms with Crippen LogP contribution in [0.25, 0.3) is 0 Å². The van der Waals surface area contributed by atoms with E-state index in [2.05, 4.69) is 36.1 Å². The Balaban J connectivity index is 2.31. The normalized spacial score (nSPS) is 11.5. The summed E-state index contributed by atoms with van der Waals surface area (Å²) in [6.07, 6.45) is 3.44. The van der Waals surface area contributed by atoms with Gasteiger partial charge >= 0.3 is 0 Å². The fourth-order valence-electron chi connectivity index (χ4n) is 1.48. The van der Waals surface area contributed by atoms with Gasteiger partial charge in [0.1, 0.15) is 5.82 Å². The van der Waals surface area contributed by atoms with Crippen molar-refractivity contribution in [2.24, 2.45) is 0 Å². The molecule has 90 valence electrons. The Labute approximate surface area is 110 Å². The number of thiazole rings is 1. The van der Waals surface area contributed by atoms with Crippen molar-refractivity contribution in [3.8, 4) is 0 Å². The van der Waals surface area contributed by atoms with Crippen molar-refractivity contribution in [2.75, 3.05) is 5.32 Å². The lowest BCUT2D eigenvalue weighted by Crippen LogP contribution is -2.12. The van der Waals surface area contributed by atoms with Gasteiger partial charge in [0.25, 0.3) is 0 Å². The Morgan fingerprint density at radius 3 is 2.65 bits per heavy atom. The third kappa shape index (κ3) is 2.96. The van der Waals surface area contributed by atoms with Crippen molar-refractivity contribution in [3.05, 3.63) is 34.4 Å². The lowest BCUT2D eigenvalue weighted by molar-refractivity contribution is 0.590. The molecule has 0 bridgehead atoms. The van der Waals surface area contributed by atoms with Crippen molar-refractivity contribution >= 4 is 33.9 Å². The standard InChI is InChI=1S/C12H14ClN3S/c1-12(2,3)8-6-10(15-7-9(8)13)16-11-14-4-5-17-11/h4-7H,1-3H3,(H,14,15,16). The maximum Gasteiger partial charge on any atom is 0.188 e. The summed E-state index contributed by atoms with van der Waals surface area (Å²) in [6, 6.07) is 1.98. The van der Waals surface area contributed by atoms with Gasteiger partial charge in [-0.05, 0) is 17.0 Å². The topological polar surface area (TPSA) is 37.8 Å². The van der Waals surface area contributed by atoms with Gasteiger partial charge in [-0.25, -0.2) is 9.97 Å². The van der Waals surface area contributed by atoms with E-state index in [1.54, 1.807) is 23.7 Å². The molecule has 2 aromatic rings. The highest BCUT2D eigenvalue weighted by atomic mass is 35.5. The first-order valence-corrected chi connectivity index (χ1v) is 6.55. The highest BCUT2D eigenvalue weighted by Gasteiger charge is 2.18. The largest absolute Gasteiger partial charge is 0.316 e. The number of anilines is 2. The van der Waals surface area contributed by atoms with Crippen molar-refractivity contribution in [1.82, 2.24) is 9.97 Å². The predicted molar refractivity (Wildman–Crippen MR) is 73.3 cm³/mol. The monoisotopic (exact) mass is 267 g/mol. The van der Waals surface area contributed by atoms with Crippen molar-refractivity contribution < 1.29 is 0 Å². The van der Waals surface area contributed by atoms with Crippen LogP contribution in [-0.4, -0.2) is 9.97 Å². The Morgan fingerprint density at radius 2 is 2.06 bits per heavy atom. The summed E-state index contributed by atoms with van der Waals surface area (Å²) in [7, 11) is 0. The number of rotatable bonds is 2. The summed E-state index contributed by atoms with van der Waals surface area (Å²) in [6.45, 7) is 6.38. The molecular formula is C12H14ClN3S. The van der Waals surface area contributed by atoms with E-state index >= 15 is 0 Å². The minimum absolute atomic E-state index is 0.000663. The molecule has 5 heteroatoms. The minimum atomic E-state index is -0.000663. The zero-order valence-corrected chi connectivity index (χ0v) is 11.6. The lowest BCUT2D eigenvalue weighted by atomic mass is 9.87. The van der Waals surface area contributed by atoms with Crippen LogP contribution in [0.5, 0.6) is 0 Å². The van der Waals surface area contributed by atoms with E-state index in [1.807, 2.05) is 11.4 Å². The van der Waals surface area contributed by atoms with Crippen LogP contribution < -0.4 is 5.32 Å². The van der Waals surface area contributed by atoms with E-state index in [-0.39, 0.29) is 5.41 Å². The zero-order valence-electron chi connectivity index (χ0n) is 9.99. The average molecular weight is 268 g/mol. The lowest BCUT2D eigenvalue weighted by Gasteiger charge is -2.21. The maximum atomic E-state index is 6.16. The van der Waals surface area contributed by atoms with Crippen LogP contribution in [0.4, 0.5) is 10.9 Å². The summed E-state index contributed by atoms with van der Waals surface area (Å²) in [4.78, 5) is 8.41. The first-order chi connectivity index (χ1) is 7.97. The molecule has 0 aliphatic carbocycles. The smallest absolute Gasteiger partial charge is 0.188 e. The number of hydrogen-bond donors (Lipinski definition) is 1. The van der Waals surface area contributed by atoms with Gasteiger partial charge in [-0.2, -0.15) is 0 Å². The van der Waals surface area contributed by atoms with Crippen molar-refractivity contribution in [3.63, 3.8) is 0 Å². The van der Waals surface area contributed by atoms with Crippen LogP contribution in [0.3, 0.4) is 0 Å². The highest BCUT2D eigenvalue weighted by Crippen LogP contribution is 2.31. The zero-order chi connectivity index (χ0) is 12.5. The molecule has 0 aliphatic rings. The van der Waals surface area contributed by atoms with E-state index < -0.39 is 0 Å². The third-order valence-corrected chi connectivity index (χ3v) is 3.32. The second-order valence-corrected chi connectivity index (χ2v) is 6.06. The summed E-state index contributed by atoms with van der Waals surface area (Å²) in [5.41, 5.74) is 1.08. The Kier molecular flexibility index (Phi) is 3.35. The number of aromatic nitrogens is 2. The van der Waals surface area contributed by atoms with Gasteiger partial charge < -0.3 is 5.32 Å². The number of pyridine rings is 1. The quantitative estimate of drug-likeness (QED) is 0.885. The van der Waals surface area contributed by atoms with E-state index in [4.69, 9.17) is 11.6 Å². The third-order valence-electron chi connectivity index (χ3n) is 2.33. The summed E-state index contributed by atoms with van der Waals surface area (Å²) >= 11 is 7.70. The molecule has 0 spiro atoms. The molecule has 0 unspecified atom stereocenters. The van der Waals surface area contributed by atoms with Crippen molar-refractivity contribution in [2.45, 2.75) is 26.2 Å². The van der Waals surface area contributed by atoms with Crippen LogP contribution in [0.2, 0.25) is 5.02 Å². The number of nitrogens with zero attached hydrogens (tertiary/aromatic N) is 2. The highest BCUT2D eigenvalue weighted by molar-refractivity contribution is 7.13. The summed E-state index contributed by atoms with van der Waals surface area (Å²) in [5.74, 6) is 0.772. The molecule has 0 radical (unpaired) electrons. The molecule has 0 atom stereocenters.